The number of hydrogen-bond donors (Lipinski definition) is 0. The third kappa shape index (κ3) is 2.57. The maximum Gasteiger partial charge on any atom is 0.327 e. The van der Waals surface area contributed by atoms with E-state index in [4.69, 9.17) is 4.74 Å². The van der Waals surface area contributed by atoms with Crippen LogP contribution in [0.2, 0.25) is 0 Å². The highest BCUT2D eigenvalue weighted by Crippen LogP contribution is 2.14. The average Bonchev–Trinajstić information content (AvgIpc) is 2.65. The molecule has 0 spiro atoms. The van der Waals surface area contributed by atoms with Crippen molar-refractivity contribution in [1.29, 1.82) is 0 Å². The summed E-state index contributed by atoms with van der Waals surface area (Å²) in [5, 5.41) is 0. The molecule has 0 unspecified atom stereocenters. The first-order valence-corrected chi connectivity index (χ1v) is 5.75. The lowest BCUT2D eigenvalue weighted by atomic mass is 10.1. The minimum atomic E-state index is -0.438. The predicted octanol–water partition coefficient (Wildman–Crippen LogP) is 0.772. The van der Waals surface area contributed by atoms with Gasteiger partial charge in [-0.05, 0) is 24.3 Å². The van der Waals surface area contributed by atoms with E-state index in [2.05, 4.69) is 0 Å². The molecule has 1 aromatic carbocycles. The van der Waals surface area contributed by atoms with Crippen LogP contribution in [0.15, 0.2) is 24.3 Å². The van der Waals surface area contributed by atoms with Gasteiger partial charge in [-0.1, -0.05) is 0 Å². The van der Waals surface area contributed by atoms with E-state index in [1.807, 2.05) is 0 Å². The number of methoxy groups -OCH3 is 1. The molecule has 19 heavy (non-hydrogen) atoms. The highest BCUT2D eigenvalue weighted by Gasteiger charge is 2.34. The summed E-state index contributed by atoms with van der Waals surface area (Å²) in [6.07, 6.45) is 0. The molecule has 0 aromatic heterocycles. The van der Waals surface area contributed by atoms with Crippen molar-refractivity contribution in [3.05, 3.63) is 29.8 Å². The van der Waals surface area contributed by atoms with E-state index in [1.54, 1.807) is 24.3 Å². The van der Waals surface area contributed by atoms with E-state index in [9.17, 15) is 14.4 Å². The Morgan fingerprint density at radius 1 is 1.26 bits per heavy atom. The summed E-state index contributed by atoms with van der Waals surface area (Å²) in [5.74, 6) is 0.0126. The van der Waals surface area contributed by atoms with Gasteiger partial charge in [-0.2, -0.15) is 0 Å². The summed E-state index contributed by atoms with van der Waals surface area (Å²) in [6, 6.07) is 6.10. The van der Waals surface area contributed by atoms with Crippen LogP contribution in [0.4, 0.5) is 4.79 Å². The van der Waals surface area contributed by atoms with Crippen molar-refractivity contribution in [2.45, 2.75) is 0 Å². The highest BCUT2D eigenvalue weighted by molar-refractivity contribution is 6.07. The second kappa shape index (κ2) is 5.09. The van der Waals surface area contributed by atoms with Crippen LogP contribution < -0.4 is 4.74 Å². The van der Waals surface area contributed by atoms with Crippen molar-refractivity contribution in [3.63, 3.8) is 0 Å². The number of hydrogen-bond acceptors (Lipinski definition) is 4. The number of urea groups is 1. The fourth-order valence-electron chi connectivity index (χ4n) is 1.84. The Hall–Kier alpha value is -2.37. The molecule has 3 amide bonds. The molecule has 0 N–H and O–H groups in total. The van der Waals surface area contributed by atoms with Crippen LogP contribution in [0.25, 0.3) is 0 Å². The van der Waals surface area contributed by atoms with E-state index < -0.39 is 6.03 Å². The van der Waals surface area contributed by atoms with Crippen molar-refractivity contribution in [1.82, 2.24) is 9.80 Å². The van der Waals surface area contributed by atoms with Gasteiger partial charge in [0.1, 0.15) is 12.3 Å². The number of likely N-dealkylation sites (N-methyl/N-ethyl adjacent to an activating group) is 1. The van der Waals surface area contributed by atoms with Crippen molar-refractivity contribution >= 4 is 17.7 Å². The molecule has 1 aliphatic heterocycles. The summed E-state index contributed by atoms with van der Waals surface area (Å²) in [7, 11) is 3.06. The third-order valence-electron chi connectivity index (χ3n) is 2.94. The van der Waals surface area contributed by atoms with Gasteiger partial charge in [-0.3, -0.25) is 14.5 Å². The zero-order chi connectivity index (χ0) is 14.0. The van der Waals surface area contributed by atoms with Crippen LogP contribution in [-0.2, 0) is 4.79 Å². The number of rotatable bonds is 4. The Bertz CT molecular complexity index is 524. The molecular weight excluding hydrogens is 248 g/mol. The average molecular weight is 262 g/mol. The molecule has 1 aromatic rings. The lowest BCUT2D eigenvalue weighted by Gasteiger charge is -2.13. The number of nitrogens with zero attached hydrogens (tertiary/aromatic N) is 2. The van der Waals surface area contributed by atoms with Crippen LogP contribution in [0, 0.1) is 0 Å². The first kappa shape index (κ1) is 13.1. The van der Waals surface area contributed by atoms with Crippen LogP contribution >= 0.6 is 0 Å². The van der Waals surface area contributed by atoms with E-state index in [0.717, 1.165) is 4.90 Å². The molecule has 2 rings (SSSR count). The standard InChI is InChI=1S/C13H14N2O4/c1-14-8-12(17)15(13(14)18)7-11(16)9-3-5-10(19-2)6-4-9/h3-6H,7-8H2,1-2H3. The second-order valence-electron chi connectivity index (χ2n) is 4.27. The minimum Gasteiger partial charge on any atom is -0.497 e. The number of imide groups is 1. The Labute approximate surface area is 110 Å². The molecule has 1 heterocycles. The predicted molar refractivity (Wildman–Crippen MR) is 67.1 cm³/mol. The van der Waals surface area contributed by atoms with Gasteiger partial charge < -0.3 is 9.64 Å². The molecule has 0 atom stereocenters. The number of carbonyl (C=O) groups is 3. The summed E-state index contributed by atoms with van der Waals surface area (Å²) in [5.41, 5.74) is 0.441. The van der Waals surface area contributed by atoms with Gasteiger partial charge >= 0.3 is 6.03 Å². The molecule has 6 nitrogen and oxygen atoms in total. The molecule has 1 saturated heterocycles. The Morgan fingerprint density at radius 2 is 1.89 bits per heavy atom. The number of Topliss-reactive ketones (excluding diaryl/α,β-unsaturated/α-hetero) is 1. The number of benzene rings is 1. The number of amides is 3. The van der Waals surface area contributed by atoms with E-state index in [-0.39, 0.29) is 24.8 Å². The number of ketones is 1. The van der Waals surface area contributed by atoms with E-state index >= 15 is 0 Å². The Kier molecular flexibility index (Phi) is 3.50. The van der Waals surface area contributed by atoms with Crippen molar-refractivity contribution in [3.8, 4) is 5.75 Å². The zero-order valence-corrected chi connectivity index (χ0v) is 10.8. The van der Waals surface area contributed by atoms with Crippen molar-refractivity contribution in [2.24, 2.45) is 0 Å². The summed E-state index contributed by atoms with van der Waals surface area (Å²) in [4.78, 5) is 37.4. The first-order valence-electron chi connectivity index (χ1n) is 5.75. The van der Waals surface area contributed by atoms with Crippen molar-refractivity contribution < 1.29 is 19.1 Å². The smallest absolute Gasteiger partial charge is 0.327 e. The SMILES string of the molecule is COc1ccc(C(=O)CN2C(=O)CN(C)C2=O)cc1. The maximum atomic E-state index is 12.0. The highest BCUT2D eigenvalue weighted by atomic mass is 16.5. The van der Waals surface area contributed by atoms with Crippen LogP contribution in [0.1, 0.15) is 10.4 Å². The van der Waals surface area contributed by atoms with Gasteiger partial charge in [0.2, 0.25) is 0 Å². The monoisotopic (exact) mass is 262 g/mol. The quantitative estimate of drug-likeness (QED) is 0.594. The second-order valence-corrected chi connectivity index (χ2v) is 4.27. The van der Waals surface area contributed by atoms with E-state index in [1.165, 1.54) is 19.1 Å². The molecule has 0 radical (unpaired) electrons. The Balaban J connectivity index is 2.08. The van der Waals surface area contributed by atoms with Gasteiger partial charge in [-0.15, -0.1) is 0 Å². The fraction of sp³-hybridized carbons (Fsp3) is 0.308. The third-order valence-corrected chi connectivity index (χ3v) is 2.94. The minimum absolute atomic E-state index is 0.0225. The van der Waals surface area contributed by atoms with Gasteiger partial charge in [0.15, 0.2) is 5.78 Å². The molecule has 0 bridgehead atoms. The molecule has 6 heteroatoms. The normalized spacial score (nSPS) is 15.1. The molecule has 1 fully saturated rings. The molecule has 100 valence electrons. The lowest BCUT2D eigenvalue weighted by Crippen LogP contribution is -2.36. The number of carbonyl (C=O) groups excluding carboxylic acids is 3. The van der Waals surface area contributed by atoms with Crippen LogP contribution in [-0.4, -0.2) is 54.8 Å². The zero-order valence-electron chi connectivity index (χ0n) is 10.8. The number of ether oxygens (including phenoxy) is 1. The molecule has 0 aliphatic carbocycles. The summed E-state index contributed by atoms with van der Waals surface area (Å²) < 4.78 is 4.99. The first-order chi connectivity index (χ1) is 9.02. The largest absolute Gasteiger partial charge is 0.497 e. The van der Waals surface area contributed by atoms with Gasteiger partial charge in [0.25, 0.3) is 5.91 Å². The summed E-state index contributed by atoms with van der Waals surface area (Å²) >= 11 is 0. The molecular formula is C13H14N2O4. The summed E-state index contributed by atoms with van der Waals surface area (Å²) in [6.45, 7) is -0.205. The van der Waals surface area contributed by atoms with Crippen LogP contribution in [0.3, 0.4) is 0 Å². The van der Waals surface area contributed by atoms with Gasteiger partial charge in [-0.25, -0.2) is 4.79 Å². The molecule has 0 saturated carbocycles. The Morgan fingerprint density at radius 3 is 2.37 bits per heavy atom. The van der Waals surface area contributed by atoms with Gasteiger partial charge in [0.05, 0.1) is 13.7 Å². The van der Waals surface area contributed by atoms with Crippen LogP contribution in [0.5, 0.6) is 5.75 Å². The van der Waals surface area contributed by atoms with E-state index in [0.29, 0.717) is 11.3 Å². The molecule has 1 aliphatic rings. The van der Waals surface area contributed by atoms with Gasteiger partial charge in [0, 0.05) is 12.6 Å². The fourth-order valence-corrected chi connectivity index (χ4v) is 1.84. The topological polar surface area (TPSA) is 66.9 Å². The lowest BCUT2D eigenvalue weighted by molar-refractivity contribution is -0.125. The maximum absolute atomic E-state index is 12.0. The van der Waals surface area contributed by atoms with Crippen molar-refractivity contribution in [2.75, 3.05) is 27.2 Å².